The molecule has 37 heavy (non-hydrogen) atoms. The molecule has 1 atom stereocenters. The van der Waals surface area contributed by atoms with Gasteiger partial charge in [-0.25, -0.2) is 8.42 Å². The first-order chi connectivity index (χ1) is 17.3. The van der Waals surface area contributed by atoms with Gasteiger partial charge in [0.05, 0.1) is 19.1 Å². The molecule has 0 fully saturated rings. The summed E-state index contributed by atoms with van der Waals surface area (Å²) in [4.78, 5) is 28.2. The summed E-state index contributed by atoms with van der Waals surface area (Å²) in [7, 11) is -2.26. The highest BCUT2D eigenvalue weighted by molar-refractivity contribution is 7.92. The van der Waals surface area contributed by atoms with Gasteiger partial charge >= 0.3 is 0 Å². The van der Waals surface area contributed by atoms with E-state index in [1.807, 2.05) is 63.2 Å². The quantitative estimate of drug-likeness (QED) is 0.457. The van der Waals surface area contributed by atoms with Crippen LogP contribution in [-0.2, 0) is 26.2 Å². The van der Waals surface area contributed by atoms with Crippen LogP contribution in [0.3, 0.4) is 0 Å². The number of nitrogens with zero attached hydrogens (tertiary/aromatic N) is 2. The van der Waals surface area contributed by atoms with Crippen LogP contribution in [0.2, 0.25) is 0 Å². The Balaban J connectivity index is 1.99. The lowest BCUT2D eigenvalue weighted by atomic mass is 10.1. The lowest BCUT2D eigenvalue weighted by molar-refractivity contribution is -0.140. The normalized spacial score (nSPS) is 12.6. The van der Waals surface area contributed by atoms with Gasteiger partial charge in [0, 0.05) is 17.5 Å². The smallest absolute Gasteiger partial charge is 0.244 e. The number of benzene rings is 3. The van der Waals surface area contributed by atoms with Gasteiger partial charge in [-0.15, -0.1) is 0 Å². The molecule has 9 heteroatoms. The van der Waals surface area contributed by atoms with Crippen molar-refractivity contribution in [2.24, 2.45) is 0 Å². The second kappa shape index (κ2) is 11.2. The van der Waals surface area contributed by atoms with Crippen molar-refractivity contribution < 1.29 is 22.7 Å². The number of anilines is 1. The zero-order chi connectivity index (χ0) is 27.4. The number of fused-ring (bicyclic) bond motifs is 1. The van der Waals surface area contributed by atoms with Crippen molar-refractivity contribution in [1.29, 1.82) is 0 Å². The van der Waals surface area contributed by atoms with Crippen LogP contribution in [0.15, 0.2) is 66.7 Å². The minimum atomic E-state index is -3.83. The molecule has 3 aromatic carbocycles. The summed E-state index contributed by atoms with van der Waals surface area (Å²) in [6, 6.07) is 19.1. The molecule has 3 rings (SSSR count). The van der Waals surface area contributed by atoms with Gasteiger partial charge in [-0.1, -0.05) is 48.5 Å². The second-order valence-electron chi connectivity index (χ2n) is 10.1. The van der Waals surface area contributed by atoms with E-state index in [0.717, 1.165) is 21.5 Å². The fourth-order valence-electron chi connectivity index (χ4n) is 4.00. The molecule has 0 bridgehead atoms. The number of nitrogens with one attached hydrogen (secondary N) is 1. The number of carbonyl (C=O) groups is 2. The minimum absolute atomic E-state index is 0.120. The highest BCUT2D eigenvalue weighted by atomic mass is 32.2. The molecule has 1 N–H and O–H groups in total. The van der Waals surface area contributed by atoms with Crippen LogP contribution in [0.5, 0.6) is 5.75 Å². The van der Waals surface area contributed by atoms with Crippen molar-refractivity contribution in [2.45, 2.75) is 45.8 Å². The summed E-state index contributed by atoms with van der Waals surface area (Å²) >= 11 is 0. The molecule has 0 aliphatic rings. The van der Waals surface area contributed by atoms with Crippen molar-refractivity contribution in [2.75, 3.05) is 24.2 Å². The Morgan fingerprint density at radius 3 is 2.19 bits per heavy atom. The summed E-state index contributed by atoms with van der Waals surface area (Å²) in [5, 5.41) is 4.48. The third-order valence-corrected chi connectivity index (χ3v) is 7.02. The van der Waals surface area contributed by atoms with Gasteiger partial charge in [-0.3, -0.25) is 13.9 Å². The Labute approximate surface area is 219 Å². The number of methoxy groups -OCH3 is 1. The number of amides is 2. The molecule has 0 saturated heterocycles. The van der Waals surface area contributed by atoms with Crippen LogP contribution in [0, 0.1) is 0 Å². The molecule has 0 spiro atoms. The standard InChI is InChI=1S/C28H35N3O5S/c1-20(27(33)29-28(2,3)4)30(18-21-14-16-23(36-5)17-15-21)26(32)19-31(37(6,34)35)25-13-9-11-22-10-7-8-12-24(22)25/h7-17,20H,18-19H2,1-6H3,(H,29,33)/t20-/m1/s1. The number of carbonyl (C=O) groups excluding carboxylic acids is 2. The van der Waals surface area contributed by atoms with Gasteiger partial charge in [0.15, 0.2) is 0 Å². The van der Waals surface area contributed by atoms with Crippen LogP contribution in [0.4, 0.5) is 5.69 Å². The average molecular weight is 526 g/mol. The van der Waals surface area contributed by atoms with Crippen LogP contribution in [0.25, 0.3) is 10.8 Å². The minimum Gasteiger partial charge on any atom is -0.497 e. The fourth-order valence-corrected chi connectivity index (χ4v) is 4.87. The third-order valence-electron chi connectivity index (χ3n) is 5.89. The summed E-state index contributed by atoms with van der Waals surface area (Å²) in [6.07, 6.45) is 1.08. The molecule has 0 unspecified atom stereocenters. The van der Waals surface area contributed by atoms with Gasteiger partial charge in [0.25, 0.3) is 0 Å². The zero-order valence-electron chi connectivity index (χ0n) is 22.2. The van der Waals surface area contributed by atoms with Crippen molar-refractivity contribution in [3.8, 4) is 5.75 Å². The Kier molecular flexibility index (Phi) is 8.48. The Bertz CT molecular complexity index is 1360. The number of sulfonamides is 1. The van der Waals surface area contributed by atoms with Crippen molar-refractivity contribution in [3.05, 3.63) is 72.3 Å². The molecule has 198 valence electrons. The molecule has 0 aromatic heterocycles. The first-order valence-corrected chi connectivity index (χ1v) is 13.8. The lowest BCUT2D eigenvalue weighted by Crippen LogP contribution is -2.54. The molecule has 0 aliphatic carbocycles. The molecule has 3 aromatic rings. The largest absolute Gasteiger partial charge is 0.497 e. The first-order valence-electron chi connectivity index (χ1n) is 12.0. The molecule has 0 heterocycles. The second-order valence-corrected chi connectivity index (χ2v) is 12.0. The van der Waals surface area contributed by atoms with E-state index in [-0.39, 0.29) is 12.5 Å². The molecule has 0 saturated carbocycles. The van der Waals surface area contributed by atoms with Crippen molar-refractivity contribution in [3.63, 3.8) is 0 Å². The van der Waals surface area contributed by atoms with E-state index in [0.29, 0.717) is 16.8 Å². The maximum absolute atomic E-state index is 13.8. The molecule has 8 nitrogen and oxygen atoms in total. The van der Waals surface area contributed by atoms with Gasteiger partial charge < -0.3 is 15.0 Å². The van der Waals surface area contributed by atoms with E-state index in [1.165, 1.54) is 4.90 Å². The summed E-state index contributed by atoms with van der Waals surface area (Å²) in [5.74, 6) is -0.157. The molecule has 0 radical (unpaired) electrons. The predicted octanol–water partition coefficient (Wildman–Crippen LogP) is 3.95. The zero-order valence-corrected chi connectivity index (χ0v) is 23.0. The maximum atomic E-state index is 13.8. The van der Waals surface area contributed by atoms with Crippen molar-refractivity contribution in [1.82, 2.24) is 10.2 Å². The van der Waals surface area contributed by atoms with Gasteiger partial charge in [-0.05, 0) is 56.8 Å². The highest BCUT2D eigenvalue weighted by Gasteiger charge is 2.31. The van der Waals surface area contributed by atoms with E-state index < -0.39 is 34.1 Å². The predicted molar refractivity (Wildman–Crippen MR) is 147 cm³/mol. The molecular formula is C28H35N3O5S. The number of hydrogen-bond donors (Lipinski definition) is 1. The lowest BCUT2D eigenvalue weighted by Gasteiger charge is -2.33. The number of hydrogen-bond acceptors (Lipinski definition) is 5. The van der Waals surface area contributed by atoms with E-state index in [2.05, 4.69) is 5.32 Å². The van der Waals surface area contributed by atoms with Crippen LogP contribution < -0.4 is 14.4 Å². The Hall–Kier alpha value is -3.59. The highest BCUT2D eigenvalue weighted by Crippen LogP contribution is 2.28. The van der Waals surface area contributed by atoms with E-state index in [9.17, 15) is 18.0 Å². The SMILES string of the molecule is COc1ccc(CN(C(=O)CN(c2cccc3ccccc23)S(C)(=O)=O)[C@H](C)C(=O)NC(C)(C)C)cc1. The molecule has 2 amide bonds. The van der Waals surface area contributed by atoms with Crippen LogP contribution in [-0.4, -0.2) is 56.6 Å². The van der Waals surface area contributed by atoms with Crippen LogP contribution in [0.1, 0.15) is 33.3 Å². The van der Waals surface area contributed by atoms with Crippen LogP contribution >= 0.6 is 0 Å². The van der Waals surface area contributed by atoms with E-state index in [1.54, 1.807) is 38.3 Å². The molecular weight excluding hydrogens is 490 g/mol. The van der Waals surface area contributed by atoms with E-state index in [4.69, 9.17) is 4.74 Å². The molecule has 0 aliphatic heterocycles. The summed E-state index contributed by atoms with van der Waals surface area (Å²) in [5.41, 5.74) is 0.688. The van der Waals surface area contributed by atoms with Crippen molar-refractivity contribution >= 4 is 38.3 Å². The van der Waals surface area contributed by atoms with Gasteiger partial charge in [0.2, 0.25) is 21.8 Å². The fraction of sp³-hybridized carbons (Fsp3) is 0.357. The third kappa shape index (κ3) is 7.22. The first kappa shape index (κ1) is 28.0. The van der Waals surface area contributed by atoms with E-state index >= 15 is 0 Å². The average Bonchev–Trinajstić information content (AvgIpc) is 2.83. The maximum Gasteiger partial charge on any atom is 0.244 e. The topological polar surface area (TPSA) is 96.0 Å². The summed E-state index contributed by atoms with van der Waals surface area (Å²) < 4.78 is 32.2. The summed E-state index contributed by atoms with van der Waals surface area (Å²) in [6.45, 7) is 6.90. The Morgan fingerprint density at radius 2 is 1.59 bits per heavy atom. The monoisotopic (exact) mass is 525 g/mol. The number of ether oxygens (including phenoxy) is 1. The Morgan fingerprint density at radius 1 is 0.973 bits per heavy atom. The van der Waals surface area contributed by atoms with Gasteiger partial charge in [0.1, 0.15) is 18.3 Å². The number of rotatable bonds is 9. The van der Waals surface area contributed by atoms with Gasteiger partial charge in [-0.2, -0.15) is 0 Å².